The third kappa shape index (κ3) is 18.9. The van der Waals surface area contributed by atoms with Crippen LogP contribution < -0.4 is 5.32 Å². The van der Waals surface area contributed by atoms with Gasteiger partial charge in [0.15, 0.2) is 0 Å². The van der Waals surface area contributed by atoms with Gasteiger partial charge >= 0.3 is 76.8 Å². The molecule has 8 aromatic rings. The van der Waals surface area contributed by atoms with E-state index >= 15 is 0 Å². The van der Waals surface area contributed by atoms with Crippen molar-refractivity contribution in [3.8, 4) is 0 Å². The summed E-state index contributed by atoms with van der Waals surface area (Å²) in [6.45, 7) is 6.57. The molecule has 1 fully saturated rings. The summed E-state index contributed by atoms with van der Waals surface area (Å²) in [5.41, 5.74) is 12.7. The number of aromatic amines is 2. The fourth-order valence-corrected chi connectivity index (χ4v) is 8.74. The number of nitrogens with zero attached hydrogens (tertiary/aromatic N) is 2. The normalized spacial score (nSPS) is 12.6. The zero-order chi connectivity index (χ0) is 52.4. The van der Waals surface area contributed by atoms with Crippen LogP contribution in [-0.4, -0.2) is 55.6 Å². The number of nitrogens with one attached hydrogen (secondary N) is 3. The molecule has 75 heavy (non-hydrogen) atoms. The topological polar surface area (TPSA) is 144 Å². The zero-order valence-corrected chi connectivity index (χ0v) is 52.6. The maximum absolute atomic E-state index is 13.7. The number of aromatic nitrogens is 4. The number of fused-ring (bicyclic) bond motifs is 2. The Labute approximate surface area is 500 Å². The van der Waals surface area contributed by atoms with Crippen molar-refractivity contribution in [2.24, 2.45) is 0 Å². The van der Waals surface area contributed by atoms with Crippen molar-refractivity contribution >= 4 is 175 Å². The van der Waals surface area contributed by atoms with Gasteiger partial charge in [0.05, 0.1) is 33.5 Å². The number of benzene rings is 6. The molecule has 0 amide bonds. The number of carbonyl (C=O) groups is 2. The molecular weight excluding hydrogens is 1490 g/mol. The van der Waals surface area contributed by atoms with Crippen molar-refractivity contribution < 1.29 is 33.5 Å². The number of hydrogen-bond acceptors (Lipinski definition) is 5. The average Bonchev–Trinajstić information content (AvgIpc) is 4.20. The Morgan fingerprint density at radius 1 is 0.600 bits per heavy atom. The summed E-state index contributed by atoms with van der Waals surface area (Å²) in [7, 11) is 0. The molecule has 0 radical (unpaired) electrons. The zero-order valence-electron chi connectivity index (χ0n) is 40.9. The molecule has 18 heteroatoms. The van der Waals surface area contributed by atoms with Gasteiger partial charge in [-0.3, -0.25) is 10.2 Å². The fraction of sp³-hybridized carbons (Fsp3) is 0.140. The number of rotatable bonds is 12. The summed E-state index contributed by atoms with van der Waals surface area (Å²) < 4.78 is 27.4. The van der Waals surface area contributed by atoms with Gasteiger partial charge in [-0.05, 0) is 166 Å². The Hall–Kier alpha value is -3.94. The molecule has 6 aromatic carbocycles. The van der Waals surface area contributed by atoms with Crippen LogP contribution in [0.5, 0.6) is 0 Å². The van der Waals surface area contributed by atoms with Crippen LogP contribution in [0.1, 0.15) is 84.0 Å². The van der Waals surface area contributed by atoms with E-state index in [1.54, 1.807) is 36.7 Å². The van der Waals surface area contributed by atoms with Crippen LogP contribution in [0.3, 0.4) is 0 Å². The van der Waals surface area contributed by atoms with Gasteiger partial charge in [0.1, 0.15) is 11.6 Å². The molecule has 0 bridgehead atoms. The summed E-state index contributed by atoms with van der Waals surface area (Å²) in [5.74, 6) is -2.76. The first kappa shape index (κ1) is 63.6. The van der Waals surface area contributed by atoms with Crippen molar-refractivity contribution in [3.63, 3.8) is 0 Å². The molecule has 2 aromatic heterocycles. The van der Waals surface area contributed by atoms with Gasteiger partial charge in [0, 0.05) is 22.9 Å². The molecule has 5 N–H and O–H groups in total. The Kier molecular flexibility index (Phi) is 27.2. The second-order valence-electron chi connectivity index (χ2n) is 16.2. The van der Waals surface area contributed by atoms with E-state index in [1.165, 1.54) is 50.2 Å². The van der Waals surface area contributed by atoms with Crippen LogP contribution in [0.15, 0.2) is 146 Å². The standard InChI is InChI=1S/2C26H20ClFN2O2.C4H9N.CH3.4HI.V/c2*1-2-21(22-10-9-20(28)14-23(22)27)26(18-8-11-24-19(13-18)15-29-30-24)17-6-3-16(4-7-17)5-12-25(31)32;1-2-4-5-3-1;;;;;;/h2*3-15H,2H2,1H3,(H,29,30)(H,31,32);5H,1-4H2;1H3;4*1H;/q;;;-1;;;;;+3/p-3/b2*12-5+,26-21+;;;;;;;. The quantitative estimate of drug-likeness (QED) is 0.0355. The number of halogens is 8. The SMILES string of the molecule is C1CCNC1.CC/C(=C(/c1ccc(/C=C/C(=O)O)cc1)c1ccc2[nH]ncc2c1)c1ccc(F)cc1Cl.CC/C(=C(/c1ccc(/C=C/C(=O)O)cc1)c1ccc2[nH]ncc2c1)c1ccc(F)cc1Cl.I.[CH3-].[I][V]([I])[I]. The van der Waals surface area contributed by atoms with Crippen molar-refractivity contribution in [2.45, 2.75) is 39.5 Å². The van der Waals surface area contributed by atoms with Gasteiger partial charge in [0.25, 0.3) is 0 Å². The minimum absolute atomic E-state index is 0. The third-order valence-electron chi connectivity index (χ3n) is 11.5. The second-order valence-corrected chi connectivity index (χ2v) is 52.4. The summed E-state index contributed by atoms with van der Waals surface area (Å²) in [6.07, 6.45) is 13.0. The molecule has 9 nitrogen and oxygen atoms in total. The molecule has 0 aliphatic carbocycles. The van der Waals surface area contributed by atoms with Crippen molar-refractivity contribution in [1.29, 1.82) is 0 Å². The molecule has 0 atom stereocenters. The molecule has 392 valence electrons. The Morgan fingerprint density at radius 2 is 0.960 bits per heavy atom. The molecule has 0 unspecified atom stereocenters. The van der Waals surface area contributed by atoms with Crippen LogP contribution >= 0.6 is 107 Å². The number of hydrogen-bond donors (Lipinski definition) is 5. The van der Waals surface area contributed by atoms with Crippen LogP contribution in [0, 0.1) is 19.1 Å². The number of aliphatic carboxylic acids is 2. The predicted octanol–water partition coefficient (Wildman–Crippen LogP) is 17.7. The van der Waals surface area contributed by atoms with Gasteiger partial charge in [0.2, 0.25) is 0 Å². The maximum atomic E-state index is 13.7. The molecule has 1 aliphatic heterocycles. The summed E-state index contributed by atoms with van der Waals surface area (Å²) in [4.78, 5) is 21.4. The molecule has 0 spiro atoms. The molecule has 0 saturated carbocycles. The van der Waals surface area contributed by atoms with Crippen LogP contribution in [0.25, 0.3) is 56.3 Å². The Balaban J connectivity index is 0.000000272. The van der Waals surface area contributed by atoms with E-state index in [0.717, 1.165) is 101 Å². The van der Waals surface area contributed by atoms with Crippen LogP contribution in [0.2, 0.25) is 10.0 Å². The monoisotopic (exact) mass is 1540 g/mol. The van der Waals surface area contributed by atoms with Gasteiger partial charge in [-0.25, -0.2) is 18.4 Å². The van der Waals surface area contributed by atoms with E-state index in [9.17, 15) is 18.4 Å². The fourth-order valence-electron chi connectivity index (χ4n) is 8.18. The van der Waals surface area contributed by atoms with Crippen LogP contribution in [-0.2, 0) is 14.5 Å². The number of H-pyrrole nitrogens is 2. The van der Waals surface area contributed by atoms with Crippen molar-refractivity contribution in [2.75, 3.05) is 13.1 Å². The van der Waals surface area contributed by atoms with E-state index in [0.29, 0.717) is 22.9 Å². The number of carboxylic acids is 2. The van der Waals surface area contributed by atoms with E-state index in [2.05, 4.69) is 97.8 Å². The van der Waals surface area contributed by atoms with Gasteiger partial charge < -0.3 is 23.0 Å². The molecule has 9 rings (SSSR count). The number of carboxylic acid groups (broad SMARTS) is 2. The first-order valence-electron chi connectivity index (χ1n) is 22.9. The summed E-state index contributed by atoms with van der Waals surface area (Å²) in [5, 5.41) is 37.8. The average molecular weight is 1540 g/mol. The predicted molar refractivity (Wildman–Crippen MR) is 340 cm³/mol. The van der Waals surface area contributed by atoms with Gasteiger partial charge in [-0.1, -0.05) is 110 Å². The minimum atomic E-state index is -0.998. The summed E-state index contributed by atoms with van der Waals surface area (Å²) in [6, 6.07) is 36.2. The van der Waals surface area contributed by atoms with Crippen LogP contribution in [0.4, 0.5) is 8.78 Å². The van der Waals surface area contributed by atoms with E-state index in [4.69, 9.17) is 33.4 Å². The third-order valence-corrected chi connectivity index (χ3v) is 12.1. The van der Waals surface area contributed by atoms with E-state index in [-0.39, 0.29) is 48.0 Å². The van der Waals surface area contributed by atoms with E-state index in [1.807, 2.05) is 86.6 Å². The first-order chi connectivity index (χ1) is 35.1. The van der Waals surface area contributed by atoms with Crippen molar-refractivity contribution in [1.82, 2.24) is 25.7 Å². The Morgan fingerprint density at radius 3 is 1.27 bits per heavy atom. The second kappa shape index (κ2) is 32.1. The molecule has 3 heterocycles. The summed E-state index contributed by atoms with van der Waals surface area (Å²) >= 11 is 20.3. The first-order valence-corrected chi connectivity index (χ1v) is 37.2. The van der Waals surface area contributed by atoms with E-state index < -0.39 is 11.9 Å². The molecule has 1 aliphatic rings. The Bertz CT molecular complexity index is 3090. The molecular formula is C57H53Cl2F2I4N5O4V-. The van der Waals surface area contributed by atoms with Gasteiger partial charge in [-0.15, -0.1) is 24.0 Å². The number of allylic oxidation sites excluding steroid dienone is 2. The van der Waals surface area contributed by atoms with Crippen molar-refractivity contribution in [3.05, 3.63) is 219 Å². The molecule has 1 saturated heterocycles. The van der Waals surface area contributed by atoms with Gasteiger partial charge in [-0.2, -0.15) is 10.2 Å².